The highest BCUT2D eigenvalue weighted by Gasteiger charge is 2.34. The summed E-state index contributed by atoms with van der Waals surface area (Å²) in [5.74, 6) is 0.103. The highest BCUT2D eigenvalue weighted by Crippen LogP contribution is 2.23. The lowest BCUT2D eigenvalue weighted by atomic mass is 9.95. The fourth-order valence-corrected chi connectivity index (χ4v) is 4.02. The van der Waals surface area contributed by atoms with Gasteiger partial charge >= 0.3 is 0 Å². The maximum Gasteiger partial charge on any atom is 0.253 e. The van der Waals surface area contributed by atoms with Gasteiger partial charge in [0.1, 0.15) is 0 Å². The molecule has 8 heteroatoms. The lowest BCUT2D eigenvalue weighted by molar-refractivity contribution is -0.139. The average molecular weight is 392 g/mol. The van der Waals surface area contributed by atoms with Crippen LogP contribution < -0.4 is 5.32 Å². The number of hydrogen-bond acceptors (Lipinski definition) is 4. The Morgan fingerprint density at radius 3 is 2.93 bits per heavy atom. The number of nitrogens with one attached hydrogen (secondary N) is 2. The predicted molar refractivity (Wildman–Crippen MR) is 106 cm³/mol. The van der Waals surface area contributed by atoms with Crippen LogP contribution in [0.4, 0.5) is 0 Å². The van der Waals surface area contributed by atoms with Crippen molar-refractivity contribution in [2.75, 3.05) is 32.7 Å². The van der Waals surface area contributed by atoms with Gasteiger partial charge in [-0.15, -0.1) is 12.4 Å². The lowest BCUT2D eigenvalue weighted by Crippen LogP contribution is -2.55. The molecule has 0 aliphatic carbocycles. The van der Waals surface area contributed by atoms with Crippen molar-refractivity contribution in [3.05, 3.63) is 30.0 Å². The van der Waals surface area contributed by atoms with E-state index in [1.54, 1.807) is 6.20 Å². The quantitative estimate of drug-likeness (QED) is 0.815. The van der Waals surface area contributed by atoms with Crippen molar-refractivity contribution in [2.45, 2.75) is 25.8 Å². The molecule has 0 radical (unpaired) electrons. The minimum atomic E-state index is -0.0918. The SMILES string of the molecule is C[C@H]1CNCCN1C(=O)C1CCCN(C(=O)c2ccc3[nH]ncc3c2)C1.Cl. The maximum absolute atomic E-state index is 13.0. The first kappa shape index (κ1) is 19.6. The number of nitrogens with zero attached hydrogens (tertiary/aromatic N) is 3. The molecule has 2 amide bonds. The number of amides is 2. The first-order valence-electron chi connectivity index (χ1n) is 9.37. The Bertz CT molecular complexity index is 823. The van der Waals surface area contributed by atoms with Gasteiger partial charge in [-0.2, -0.15) is 5.10 Å². The summed E-state index contributed by atoms with van der Waals surface area (Å²) in [4.78, 5) is 29.7. The van der Waals surface area contributed by atoms with Gasteiger partial charge in [0.05, 0.1) is 17.6 Å². The number of aromatic nitrogens is 2. The molecule has 0 bridgehead atoms. The van der Waals surface area contributed by atoms with E-state index in [9.17, 15) is 9.59 Å². The molecular formula is C19H26ClN5O2. The molecule has 0 spiro atoms. The fourth-order valence-electron chi connectivity index (χ4n) is 4.02. The lowest BCUT2D eigenvalue weighted by Gasteiger charge is -2.39. The summed E-state index contributed by atoms with van der Waals surface area (Å²) in [6.45, 7) is 5.74. The van der Waals surface area contributed by atoms with Gasteiger partial charge in [0.25, 0.3) is 5.91 Å². The van der Waals surface area contributed by atoms with Crippen LogP contribution in [0, 0.1) is 5.92 Å². The number of piperidine rings is 1. The molecule has 1 unspecified atom stereocenters. The van der Waals surface area contributed by atoms with E-state index in [1.807, 2.05) is 28.0 Å². The van der Waals surface area contributed by atoms with Gasteiger partial charge in [-0.3, -0.25) is 14.7 Å². The standard InChI is InChI=1S/C19H25N5O2.ClH/c1-13-10-20-6-8-24(13)19(26)15-3-2-7-23(12-15)18(25)14-4-5-17-16(9-14)11-21-22-17;/h4-5,9,11,13,15,20H,2-3,6-8,10,12H2,1H3,(H,21,22);1H/t13-,15?;/m0./s1. The van der Waals surface area contributed by atoms with Gasteiger partial charge in [-0.05, 0) is 38.0 Å². The Kier molecular flexibility index (Phi) is 6.01. The number of hydrogen-bond donors (Lipinski definition) is 2. The van der Waals surface area contributed by atoms with Crippen LogP contribution in [0.25, 0.3) is 10.9 Å². The number of halogens is 1. The summed E-state index contributed by atoms with van der Waals surface area (Å²) in [5, 5.41) is 11.1. The van der Waals surface area contributed by atoms with E-state index in [0.29, 0.717) is 18.7 Å². The highest BCUT2D eigenvalue weighted by atomic mass is 35.5. The van der Waals surface area contributed by atoms with E-state index in [2.05, 4.69) is 22.4 Å². The van der Waals surface area contributed by atoms with E-state index in [1.165, 1.54) is 0 Å². The molecule has 2 N–H and O–H groups in total. The molecule has 1 aromatic heterocycles. The van der Waals surface area contributed by atoms with Crippen LogP contribution in [-0.2, 0) is 4.79 Å². The molecule has 2 aliphatic heterocycles. The second kappa shape index (κ2) is 8.27. The van der Waals surface area contributed by atoms with E-state index in [-0.39, 0.29) is 36.2 Å². The molecule has 27 heavy (non-hydrogen) atoms. The molecule has 2 fully saturated rings. The van der Waals surface area contributed by atoms with Crippen molar-refractivity contribution in [1.29, 1.82) is 0 Å². The summed E-state index contributed by atoms with van der Waals surface area (Å²) >= 11 is 0. The first-order valence-corrected chi connectivity index (χ1v) is 9.37. The van der Waals surface area contributed by atoms with Crippen LogP contribution in [0.1, 0.15) is 30.1 Å². The topological polar surface area (TPSA) is 81.3 Å². The minimum Gasteiger partial charge on any atom is -0.338 e. The highest BCUT2D eigenvalue weighted by molar-refractivity contribution is 5.98. The third-order valence-corrected chi connectivity index (χ3v) is 5.53. The number of aromatic amines is 1. The Balaban J connectivity index is 0.00000210. The summed E-state index contributed by atoms with van der Waals surface area (Å²) < 4.78 is 0. The summed E-state index contributed by atoms with van der Waals surface area (Å²) in [7, 11) is 0. The number of carbonyl (C=O) groups is 2. The Hall–Kier alpha value is -2.12. The predicted octanol–water partition coefficient (Wildman–Crippen LogP) is 1.66. The average Bonchev–Trinajstić information content (AvgIpc) is 3.15. The Labute approximate surface area is 164 Å². The molecule has 2 aromatic rings. The van der Waals surface area contributed by atoms with Crippen LogP contribution >= 0.6 is 12.4 Å². The monoisotopic (exact) mass is 391 g/mol. The summed E-state index contributed by atoms with van der Waals surface area (Å²) in [6, 6.07) is 5.79. The van der Waals surface area contributed by atoms with Crippen LogP contribution in [0.2, 0.25) is 0 Å². The third kappa shape index (κ3) is 3.94. The second-order valence-corrected chi connectivity index (χ2v) is 7.35. The number of piperazine rings is 1. The van der Waals surface area contributed by atoms with E-state index >= 15 is 0 Å². The van der Waals surface area contributed by atoms with E-state index in [0.717, 1.165) is 43.4 Å². The van der Waals surface area contributed by atoms with Gasteiger partial charge in [-0.25, -0.2) is 0 Å². The van der Waals surface area contributed by atoms with Crippen LogP contribution in [0.15, 0.2) is 24.4 Å². The van der Waals surface area contributed by atoms with Crippen LogP contribution in [-0.4, -0.2) is 70.6 Å². The number of carbonyl (C=O) groups excluding carboxylic acids is 2. The van der Waals surface area contributed by atoms with Crippen molar-refractivity contribution in [3.63, 3.8) is 0 Å². The van der Waals surface area contributed by atoms with Crippen molar-refractivity contribution < 1.29 is 9.59 Å². The Morgan fingerprint density at radius 2 is 2.11 bits per heavy atom. The molecule has 4 rings (SSSR count). The minimum absolute atomic E-state index is 0. The molecule has 1 aromatic carbocycles. The van der Waals surface area contributed by atoms with Gasteiger partial charge < -0.3 is 15.1 Å². The Morgan fingerprint density at radius 1 is 1.26 bits per heavy atom. The zero-order chi connectivity index (χ0) is 18.1. The number of likely N-dealkylation sites (tertiary alicyclic amines) is 1. The third-order valence-electron chi connectivity index (χ3n) is 5.53. The molecule has 7 nitrogen and oxygen atoms in total. The number of fused-ring (bicyclic) bond motifs is 1. The van der Waals surface area contributed by atoms with Gasteiger partial charge in [-0.1, -0.05) is 0 Å². The van der Waals surface area contributed by atoms with Crippen molar-refractivity contribution in [1.82, 2.24) is 25.3 Å². The van der Waals surface area contributed by atoms with Crippen molar-refractivity contribution in [3.8, 4) is 0 Å². The van der Waals surface area contributed by atoms with Gasteiger partial charge in [0.2, 0.25) is 5.91 Å². The number of H-pyrrole nitrogens is 1. The molecule has 0 saturated carbocycles. The normalized spacial score (nSPS) is 23.1. The van der Waals surface area contributed by atoms with Gasteiger partial charge in [0, 0.05) is 49.7 Å². The molecular weight excluding hydrogens is 366 g/mol. The zero-order valence-electron chi connectivity index (χ0n) is 15.5. The molecule has 146 valence electrons. The van der Waals surface area contributed by atoms with Crippen molar-refractivity contribution in [2.24, 2.45) is 5.92 Å². The zero-order valence-corrected chi connectivity index (χ0v) is 16.3. The fraction of sp³-hybridized carbons (Fsp3) is 0.526. The van der Waals surface area contributed by atoms with Gasteiger partial charge in [0.15, 0.2) is 0 Å². The van der Waals surface area contributed by atoms with E-state index in [4.69, 9.17) is 0 Å². The van der Waals surface area contributed by atoms with Crippen molar-refractivity contribution >= 4 is 35.1 Å². The number of benzene rings is 1. The second-order valence-electron chi connectivity index (χ2n) is 7.35. The van der Waals surface area contributed by atoms with E-state index < -0.39 is 0 Å². The number of rotatable bonds is 2. The first-order chi connectivity index (χ1) is 12.6. The molecule has 2 atom stereocenters. The summed E-state index contributed by atoms with van der Waals surface area (Å²) in [6.07, 6.45) is 3.46. The smallest absolute Gasteiger partial charge is 0.253 e. The molecule has 2 aliphatic rings. The van der Waals surface area contributed by atoms with Crippen LogP contribution in [0.5, 0.6) is 0 Å². The molecule has 3 heterocycles. The maximum atomic E-state index is 13.0. The largest absolute Gasteiger partial charge is 0.338 e. The summed E-state index contributed by atoms with van der Waals surface area (Å²) in [5.41, 5.74) is 1.57. The molecule has 2 saturated heterocycles. The van der Waals surface area contributed by atoms with Crippen LogP contribution in [0.3, 0.4) is 0 Å².